The zero-order valence-corrected chi connectivity index (χ0v) is 15.2. The number of benzene rings is 1. The fourth-order valence-corrected chi connectivity index (χ4v) is 4.69. The Morgan fingerprint density at radius 1 is 1.23 bits per heavy atom. The van der Waals surface area contributed by atoms with Gasteiger partial charge < -0.3 is 0 Å². The quantitative estimate of drug-likeness (QED) is 0.654. The van der Waals surface area contributed by atoms with Crippen LogP contribution in [0.1, 0.15) is 16.8 Å². The van der Waals surface area contributed by atoms with E-state index in [-0.39, 0.29) is 11.3 Å². The standard InChI is InChI=1S/C16H14F3N3O2S2/c1-22-7-12(6-20-22)15-21-14(8-25-15)10-26(23,24)9-11-3-2-4-13(5-11)16(17,18)19/h2-8H,9-10H2,1H3. The third-order valence-corrected chi connectivity index (χ3v) is 5.96. The van der Waals surface area contributed by atoms with Crippen LogP contribution in [0.5, 0.6) is 0 Å². The van der Waals surface area contributed by atoms with Crippen LogP contribution in [0, 0.1) is 0 Å². The Morgan fingerprint density at radius 2 is 2.00 bits per heavy atom. The molecule has 0 unspecified atom stereocenters. The van der Waals surface area contributed by atoms with Gasteiger partial charge in [0.05, 0.1) is 29.0 Å². The fourth-order valence-electron chi connectivity index (χ4n) is 2.41. The molecule has 3 aromatic rings. The summed E-state index contributed by atoms with van der Waals surface area (Å²) < 4.78 is 64.6. The average molecular weight is 401 g/mol. The molecule has 0 bridgehead atoms. The molecule has 0 aliphatic carbocycles. The van der Waals surface area contributed by atoms with Crippen molar-refractivity contribution in [2.75, 3.05) is 0 Å². The average Bonchev–Trinajstić information content (AvgIpc) is 3.14. The maximum atomic E-state index is 12.7. The van der Waals surface area contributed by atoms with Crippen molar-refractivity contribution >= 4 is 21.2 Å². The number of hydrogen-bond donors (Lipinski definition) is 0. The Bertz CT molecular complexity index is 1020. The van der Waals surface area contributed by atoms with Gasteiger partial charge in [0.15, 0.2) is 9.84 Å². The zero-order valence-electron chi connectivity index (χ0n) is 13.6. The number of thiazole rings is 1. The van der Waals surface area contributed by atoms with E-state index in [1.165, 1.54) is 23.5 Å². The van der Waals surface area contributed by atoms with Crippen LogP contribution in [0.25, 0.3) is 10.6 Å². The second kappa shape index (κ2) is 6.84. The Morgan fingerprint density at radius 3 is 2.65 bits per heavy atom. The second-order valence-electron chi connectivity index (χ2n) is 5.78. The van der Waals surface area contributed by atoms with Crippen molar-refractivity contribution in [1.29, 1.82) is 0 Å². The van der Waals surface area contributed by atoms with E-state index in [1.54, 1.807) is 29.5 Å². The molecule has 10 heteroatoms. The molecule has 26 heavy (non-hydrogen) atoms. The maximum absolute atomic E-state index is 12.7. The summed E-state index contributed by atoms with van der Waals surface area (Å²) in [6, 6.07) is 4.35. The molecule has 3 rings (SSSR count). The van der Waals surface area contributed by atoms with Gasteiger partial charge in [-0.25, -0.2) is 13.4 Å². The Hall–Kier alpha value is -2.20. The summed E-state index contributed by atoms with van der Waals surface area (Å²) in [6.45, 7) is 0. The molecule has 138 valence electrons. The van der Waals surface area contributed by atoms with Gasteiger partial charge in [-0.1, -0.05) is 18.2 Å². The van der Waals surface area contributed by atoms with Crippen molar-refractivity contribution in [2.24, 2.45) is 7.05 Å². The van der Waals surface area contributed by atoms with E-state index < -0.39 is 27.3 Å². The normalized spacial score (nSPS) is 12.5. The van der Waals surface area contributed by atoms with Crippen LogP contribution in [0.3, 0.4) is 0 Å². The topological polar surface area (TPSA) is 64.8 Å². The predicted octanol–water partition coefficient (Wildman–Crippen LogP) is 3.68. The summed E-state index contributed by atoms with van der Waals surface area (Å²) in [5.74, 6) is -0.809. The summed E-state index contributed by atoms with van der Waals surface area (Å²) in [7, 11) is -1.90. The molecule has 0 fully saturated rings. The molecule has 0 spiro atoms. The zero-order chi connectivity index (χ0) is 18.9. The highest BCUT2D eigenvalue weighted by atomic mass is 32.2. The van der Waals surface area contributed by atoms with Crippen LogP contribution >= 0.6 is 11.3 Å². The number of alkyl halides is 3. The van der Waals surface area contributed by atoms with Gasteiger partial charge in [0, 0.05) is 24.2 Å². The van der Waals surface area contributed by atoms with Crippen molar-refractivity contribution in [3.63, 3.8) is 0 Å². The van der Waals surface area contributed by atoms with E-state index in [0.29, 0.717) is 10.7 Å². The molecule has 0 atom stereocenters. The van der Waals surface area contributed by atoms with Gasteiger partial charge >= 0.3 is 6.18 Å². The van der Waals surface area contributed by atoms with Gasteiger partial charge in [-0.05, 0) is 11.6 Å². The van der Waals surface area contributed by atoms with Crippen LogP contribution in [-0.4, -0.2) is 23.2 Å². The third-order valence-electron chi connectivity index (χ3n) is 3.51. The highest BCUT2D eigenvalue weighted by molar-refractivity contribution is 7.89. The van der Waals surface area contributed by atoms with Gasteiger partial charge in [-0.3, -0.25) is 4.68 Å². The van der Waals surface area contributed by atoms with Gasteiger partial charge in [-0.15, -0.1) is 11.3 Å². The van der Waals surface area contributed by atoms with E-state index in [4.69, 9.17) is 0 Å². The molecule has 5 nitrogen and oxygen atoms in total. The van der Waals surface area contributed by atoms with Crippen molar-refractivity contribution in [3.8, 4) is 10.6 Å². The summed E-state index contributed by atoms with van der Waals surface area (Å²) in [6.07, 6.45) is -1.12. The predicted molar refractivity (Wildman–Crippen MR) is 92.1 cm³/mol. The molecule has 0 saturated carbocycles. The first-order chi connectivity index (χ1) is 12.1. The third kappa shape index (κ3) is 4.50. The molecule has 0 N–H and O–H groups in total. The molecule has 0 aliphatic rings. The first-order valence-corrected chi connectivity index (χ1v) is 10.1. The largest absolute Gasteiger partial charge is 0.416 e. The Kier molecular flexibility index (Phi) is 4.89. The lowest BCUT2D eigenvalue weighted by molar-refractivity contribution is -0.137. The molecule has 0 radical (unpaired) electrons. The number of sulfone groups is 1. The molecule has 0 amide bonds. The van der Waals surface area contributed by atoms with Gasteiger partial charge in [0.25, 0.3) is 0 Å². The van der Waals surface area contributed by atoms with Crippen molar-refractivity contribution in [2.45, 2.75) is 17.7 Å². The SMILES string of the molecule is Cn1cc(-c2nc(CS(=O)(=O)Cc3cccc(C(F)(F)F)c3)cs2)cn1. The summed E-state index contributed by atoms with van der Waals surface area (Å²) in [5, 5.41) is 6.31. The summed E-state index contributed by atoms with van der Waals surface area (Å²) >= 11 is 1.29. The van der Waals surface area contributed by atoms with Crippen LogP contribution in [-0.2, 0) is 34.6 Å². The lowest BCUT2D eigenvalue weighted by Gasteiger charge is -2.09. The number of aryl methyl sites for hydroxylation is 1. The fraction of sp³-hybridized carbons (Fsp3) is 0.250. The van der Waals surface area contributed by atoms with Crippen molar-refractivity contribution in [3.05, 3.63) is 58.9 Å². The Labute approximate surface area is 152 Å². The summed E-state index contributed by atoms with van der Waals surface area (Å²) in [4.78, 5) is 4.28. The minimum Gasteiger partial charge on any atom is -0.275 e. The molecular formula is C16H14F3N3O2S2. The minimum atomic E-state index is -4.51. The minimum absolute atomic E-state index is 0.0996. The van der Waals surface area contributed by atoms with Crippen molar-refractivity contribution < 1.29 is 21.6 Å². The number of aromatic nitrogens is 3. The van der Waals surface area contributed by atoms with Gasteiger partial charge in [-0.2, -0.15) is 18.3 Å². The maximum Gasteiger partial charge on any atom is 0.416 e. The molecule has 2 aromatic heterocycles. The van der Waals surface area contributed by atoms with E-state index in [0.717, 1.165) is 17.7 Å². The molecule has 0 aliphatic heterocycles. The van der Waals surface area contributed by atoms with Gasteiger partial charge in [0.1, 0.15) is 5.01 Å². The first kappa shape index (κ1) is 18.6. The highest BCUT2D eigenvalue weighted by Gasteiger charge is 2.30. The molecular weight excluding hydrogens is 387 g/mol. The van der Waals surface area contributed by atoms with E-state index in [2.05, 4.69) is 10.1 Å². The lowest BCUT2D eigenvalue weighted by Crippen LogP contribution is -2.10. The molecule has 1 aromatic carbocycles. The first-order valence-electron chi connectivity index (χ1n) is 7.42. The monoisotopic (exact) mass is 401 g/mol. The van der Waals surface area contributed by atoms with E-state index in [9.17, 15) is 21.6 Å². The lowest BCUT2D eigenvalue weighted by atomic mass is 10.1. The number of hydrogen-bond acceptors (Lipinski definition) is 5. The van der Waals surface area contributed by atoms with Crippen LogP contribution in [0.4, 0.5) is 13.2 Å². The van der Waals surface area contributed by atoms with Gasteiger partial charge in [0.2, 0.25) is 0 Å². The number of rotatable bonds is 5. The van der Waals surface area contributed by atoms with Crippen LogP contribution in [0.15, 0.2) is 42.0 Å². The second-order valence-corrected chi connectivity index (χ2v) is 8.70. The number of halogens is 3. The number of nitrogens with zero attached hydrogens (tertiary/aromatic N) is 3. The molecule has 0 saturated heterocycles. The van der Waals surface area contributed by atoms with Crippen molar-refractivity contribution in [1.82, 2.24) is 14.8 Å². The van der Waals surface area contributed by atoms with E-state index >= 15 is 0 Å². The van der Waals surface area contributed by atoms with E-state index in [1.807, 2.05) is 0 Å². The molecule has 2 heterocycles. The van der Waals surface area contributed by atoms with Crippen LogP contribution < -0.4 is 0 Å². The Balaban J connectivity index is 1.75. The smallest absolute Gasteiger partial charge is 0.275 e. The van der Waals surface area contributed by atoms with Crippen LogP contribution in [0.2, 0.25) is 0 Å². The highest BCUT2D eigenvalue weighted by Crippen LogP contribution is 2.30. The summed E-state index contributed by atoms with van der Waals surface area (Å²) in [5.41, 5.74) is 0.375.